The highest BCUT2D eigenvalue weighted by Gasteiger charge is 2.26. The van der Waals surface area contributed by atoms with Gasteiger partial charge in [-0.3, -0.25) is 9.59 Å². The Labute approximate surface area is 117 Å². The molecule has 2 N–H and O–H groups in total. The smallest absolute Gasteiger partial charge is 0.253 e. The molecule has 112 valence electrons. The van der Waals surface area contributed by atoms with E-state index in [1.807, 2.05) is 18.7 Å². The van der Waals surface area contributed by atoms with Crippen molar-refractivity contribution in [2.75, 3.05) is 42.9 Å². The maximum absolute atomic E-state index is 11.6. The molecule has 1 heterocycles. The lowest BCUT2D eigenvalue weighted by atomic mass is 10.1. The maximum Gasteiger partial charge on any atom is 0.253 e. The summed E-state index contributed by atoms with van der Waals surface area (Å²) in [7, 11) is 0. The highest BCUT2D eigenvalue weighted by atomic mass is 16.2. The van der Waals surface area contributed by atoms with Crippen LogP contribution >= 0.6 is 0 Å². The number of hydrogen-bond donors (Lipinski definition) is 2. The van der Waals surface area contributed by atoms with Crippen LogP contribution < -0.4 is 26.4 Å². The molecule has 1 saturated heterocycles. The number of rotatable bonds is 5. The molecule has 0 unspecified atom stereocenters. The van der Waals surface area contributed by atoms with E-state index in [4.69, 9.17) is 0 Å². The normalized spacial score (nSPS) is 15.0. The number of piperazine rings is 1. The Bertz CT molecular complexity index is 453. The van der Waals surface area contributed by atoms with Gasteiger partial charge in [-0.25, -0.2) is 0 Å². The topological polar surface area (TPSA) is 61.4 Å². The van der Waals surface area contributed by atoms with Crippen molar-refractivity contribution in [3.63, 3.8) is 0 Å². The highest BCUT2D eigenvalue weighted by Crippen LogP contribution is 2.20. The summed E-state index contributed by atoms with van der Waals surface area (Å²) in [4.78, 5) is 25.1. The molecule has 2 rings (SSSR count). The molecule has 0 aliphatic carbocycles. The molecule has 0 amide bonds. The zero-order valence-electron chi connectivity index (χ0n) is 12.2. The van der Waals surface area contributed by atoms with Crippen LogP contribution in [0.5, 0.6) is 0 Å². The largest absolute Gasteiger partial charge is 0.380 e. The Morgan fingerprint density at radius 3 is 2.42 bits per heavy atom. The van der Waals surface area contributed by atoms with Crippen LogP contribution in [-0.2, 0) is 0 Å². The molecular weight excluding hydrogens is 242 g/mol. The van der Waals surface area contributed by atoms with Crippen LogP contribution in [0.4, 0.5) is 11.4 Å². The number of unbranched alkanes of at least 4 members (excludes halogenated alkanes) is 1. The molecule has 1 aliphatic rings. The summed E-state index contributed by atoms with van der Waals surface area (Å²) < 4.78 is 0. The van der Waals surface area contributed by atoms with Gasteiger partial charge in [0, 0.05) is 35.6 Å². The van der Waals surface area contributed by atoms with E-state index in [1.165, 1.54) is 0 Å². The van der Waals surface area contributed by atoms with Crippen molar-refractivity contribution >= 4 is 11.4 Å². The van der Waals surface area contributed by atoms with E-state index in [1.54, 1.807) is 0 Å². The van der Waals surface area contributed by atoms with Gasteiger partial charge in [0.1, 0.15) is 11.4 Å². The molecule has 0 bridgehead atoms. The van der Waals surface area contributed by atoms with E-state index in [2.05, 4.69) is 17.6 Å². The van der Waals surface area contributed by atoms with E-state index < -0.39 is 0 Å². The van der Waals surface area contributed by atoms with E-state index in [-0.39, 0.29) is 13.7 Å². The Morgan fingerprint density at radius 1 is 1.21 bits per heavy atom. The van der Waals surface area contributed by atoms with Gasteiger partial charge >= 0.3 is 0 Å². The molecule has 0 aromatic heterocycles. The van der Waals surface area contributed by atoms with Gasteiger partial charge in [0.15, 0.2) is 0 Å². The van der Waals surface area contributed by atoms with Crippen molar-refractivity contribution in [1.82, 2.24) is 5.32 Å². The SMILES string of the molecule is CC.CCCCNc1c(N2CCNCC2)c(=O)c1=O.[HH].[HH]. The third kappa shape index (κ3) is 3.56. The van der Waals surface area contributed by atoms with Crippen molar-refractivity contribution in [3.05, 3.63) is 20.4 Å². The maximum atomic E-state index is 11.6. The van der Waals surface area contributed by atoms with Crippen molar-refractivity contribution in [3.8, 4) is 0 Å². The molecule has 1 fully saturated rings. The van der Waals surface area contributed by atoms with Crippen molar-refractivity contribution in [2.45, 2.75) is 33.6 Å². The molecule has 0 spiro atoms. The summed E-state index contributed by atoms with van der Waals surface area (Å²) in [5, 5.41) is 6.32. The Hall–Kier alpha value is -1.36. The minimum atomic E-state index is -0.352. The van der Waals surface area contributed by atoms with Gasteiger partial charge in [-0.2, -0.15) is 0 Å². The fourth-order valence-electron chi connectivity index (χ4n) is 2.12. The average Bonchev–Trinajstić information content (AvgIpc) is 2.49. The molecule has 0 atom stereocenters. The summed E-state index contributed by atoms with van der Waals surface area (Å²) in [6.45, 7) is 10.2. The van der Waals surface area contributed by atoms with Crippen LogP contribution in [0.15, 0.2) is 9.59 Å². The molecule has 1 aliphatic heterocycles. The third-order valence-corrected chi connectivity index (χ3v) is 3.15. The minimum Gasteiger partial charge on any atom is -0.380 e. The first kappa shape index (κ1) is 15.7. The average molecular weight is 271 g/mol. The van der Waals surface area contributed by atoms with Crippen molar-refractivity contribution < 1.29 is 2.85 Å². The Balaban J connectivity index is 0. The van der Waals surface area contributed by atoms with Crippen LogP contribution in [0.3, 0.4) is 0 Å². The van der Waals surface area contributed by atoms with Crippen LogP contribution in [-0.4, -0.2) is 32.7 Å². The zero-order valence-corrected chi connectivity index (χ0v) is 12.2. The fraction of sp³-hybridized carbons (Fsp3) is 0.714. The second kappa shape index (κ2) is 7.94. The molecule has 0 saturated carbocycles. The van der Waals surface area contributed by atoms with Crippen LogP contribution in [0, 0.1) is 0 Å². The lowest BCUT2D eigenvalue weighted by Crippen LogP contribution is -2.50. The third-order valence-electron chi connectivity index (χ3n) is 3.15. The van der Waals surface area contributed by atoms with E-state index in [9.17, 15) is 9.59 Å². The molecule has 5 nitrogen and oxygen atoms in total. The summed E-state index contributed by atoms with van der Waals surface area (Å²) in [6, 6.07) is 0. The second-order valence-electron chi connectivity index (χ2n) is 4.40. The van der Waals surface area contributed by atoms with Gasteiger partial charge in [0.2, 0.25) is 0 Å². The molecular formula is C14H29N3O2. The number of hydrogen-bond acceptors (Lipinski definition) is 5. The summed E-state index contributed by atoms with van der Waals surface area (Å²) in [6.07, 6.45) is 2.09. The van der Waals surface area contributed by atoms with Crippen LogP contribution in [0.2, 0.25) is 0 Å². The summed E-state index contributed by atoms with van der Waals surface area (Å²) in [5.74, 6) is 0. The van der Waals surface area contributed by atoms with E-state index >= 15 is 0 Å². The Kier molecular flexibility index (Phi) is 6.56. The number of nitrogens with zero attached hydrogens (tertiary/aromatic N) is 1. The quantitative estimate of drug-likeness (QED) is 0.626. The second-order valence-corrected chi connectivity index (χ2v) is 4.40. The van der Waals surface area contributed by atoms with Crippen molar-refractivity contribution in [1.29, 1.82) is 0 Å². The molecule has 1 aromatic rings. The number of nitrogens with one attached hydrogen (secondary N) is 2. The predicted molar refractivity (Wildman–Crippen MR) is 85.4 cm³/mol. The van der Waals surface area contributed by atoms with Gasteiger partial charge in [0.25, 0.3) is 10.9 Å². The van der Waals surface area contributed by atoms with Gasteiger partial charge in [-0.1, -0.05) is 27.2 Å². The van der Waals surface area contributed by atoms with Gasteiger partial charge in [-0.05, 0) is 6.42 Å². The predicted octanol–water partition coefficient (Wildman–Crippen LogP) is 1.42. The Morgan fingerprint density at radius 2 is 1.84 bits per heavy atom. The van der Waals surface area contributed by atoms with Crippen molar-refractivity contribution in [2.24, 2.45) is 0 Å². The molecule has 0 radical (unpaired) electrons. The molecule has 1 aromatic carbocycles. The van der Waals surface area contributed by atoms with Gasteiger partial charge in [0.05, 0.1) is 0 Å². The minimum absolute atomic E-state index is 0. The highest BCUT2D eigenvalue weighted by molar-refractivity contribution is 5.75. The van der Waals surface area contributed by atoms with E-state index in [0.29, 0.717) is 11.4 Å². The van der Waals surface area contributed by atoms with Crippen LogP contribution in [0.1, 0.15) is 36.5 Å². The summed E-state index contributed by atoms with van der Waals surface area (Å²) >= 11 is 0. The molecule has 5 heteroatoms. The monoisotopic (exact) mass is 271 g/mol. The first-order chi connectivity index (χ1) is 9.25. The summed E-state index contributed by atoms with van der Waals surface area (Å²) in [5.41, 5.74) is 0.457. The first-order valence-electron chi connectivity index (χ1n) is 7.28. The first-order valence-corrected chi connectivity index (χ1v) is 7.28. The standard InChI is InChI=1S/C12H19N3O2.C2H6.2H2/c1-2-3-4-14-9-10(12(17)11(9)16)15-7-5-13-6-8-15;1-2;;/h13-14H,2-8H2,1H3;1-2H3;2*1H. The lowest BCUT2D eigenvalue weighted by Gasteiger charge is -2.31. The van der Waals surface area contributed by atoms with Gasteiger partial charge in [-0.15, -0.1) is 0 Å². The number of anilines is 2. The fourth-order valence-corrected chi connectivity index (χ4v) is 2.12. The van der Waals surface area contributed by atoms with E-state index in [0.717, 1.165) is 45.6 Å². The lowest BCUT2D eigenvalue weighted by molar-refractivity contribution is 0.587. The van der Waals surface area contributed by atoms with Gasteiger partial charge < -0.3 is 15.5 Å². The zero-order chi connectivity index (χ0) is 14.3. The van der Waals surface area contributed by atoms with Crippen LogP contribution in [0.25, 0.3) is 0 Å². The molecule has 19 heavy (non-hydrogen) atoms.